The first-order chi connectivity index (χ1) is 6.09. The van der Waals surface area contributed by atoms with Crippen molar-refractivity contribution in [2.45, 2.75) is 39.5 Å². The summed E-state index contributed by atoms with van der Waals surface area (Å²) in [6.45, 7) is 3.56. The van der Waals surface area contributed by atoms with Gasteiger partial charge >= 0.3 is 0 Å². The zero-order valence-corrected chi connectivity index (χ0v) is 8.30. The summed E-state index contributed by atoms with van der Waals surface area (Å²) in [5, 5.41) is 0. The summed E-state index contributed by atoms with van der Waals surface area (Å²) >= 11 is 0. The van der Waals surface area contributed by atoms with Crippen LogP contribution in [0.25, 0.3) is 0 Å². The van der Waals surface area contributed by atoms with Crippen molar-refractivity contribution in [1.82, 2.24) is 0 Å². The number of allylic oxidation sites excluding steroid dienone is 2. The van der Waals surface area contributed by atoms with E-state index in [9.17, 15) is 9.59 Å². The predicted molar refractivity (Wildman–Crippen MR) is 51.4 cm³/mol. The van der Waals surface area contributed by atoms with E-state index in [1.807, 2.05) is 6.92 Å². The van der Waals surface area contributed by atoms with Crippen LogP contribution in [-0.4, -0.2) is 11.6 Å². The van der Waals surface area contributed by atoms with Gasteiger partial charge in [-0.2, -0.15) is 0 Å². The molecule has 0 saturated carbocycles. The molecular weight excluding hydrogens is 164 g/mol. The fourth-order valence-electron chi connectivity index (χ4n) is 1.64. The van der Waals surface area contributed by atoms with Crippen molar-refractivity contribution < 1.29 is 9.59 Å². The van der Waals surface area contributed by atoms with Gasteiger partial charge in [-0.25, -0.2) is 0 Å². The van der Waals surface area contributed by atoms with Crippen LogP contribution in [0.15, 0.2) is 11.6 Å². The molecule has 1 aliphatic rings. The maximum absolute atomic E-state index is 11.4. The molecule has 0 aromatic rings. The van der Waals surface area contributed by atoms with E-state index in [0.717, 1.165) is 19.3 Å². The molecule has 0 saturated heterocycles. The molecule has 2 nitrogen and oxygen atoms in total. The Morgan fingerprint density at radius 3 is 2.85 bits per heavy atom. The van der Waals surface area contributed by atoms with Gasteiger partial charge in [0.15, 0.2) is 5.78 Å². The summed E-state index contributed by atoms with van der Waals surface area (Å²) in [7, 11) is 0. The summed E-state index contributed by atoms with van der Waals surface area (Å²) in [4.78, 5) is 22.2. The number of Topliss-reactive ketones (excluding diaryl/α,β-unsaturated/α-hetero) is 1. The summed E-state index contributed by atoms with van der Waals surface area (Å²) < 4.78 is 0. The first kappa shape index (κ1) is 10.2. The monoisotopic (exact) mass is 180 g/mol. The van der Waals surface area contributed by atoms with Crippen LogP contribution in [0.1, 0.15) is 39.5 Å². The Kier molecular flexibility index (Phi) is 3.40. The van der Waals surface area contributed by atoms with Crippen LogP contribution in [-0.2, 0) is 9.59 Å². The van der Waals surface area contributed by atoms with Crippen molar-refractivity contribution >= 4 is 11.6 Å². The highest BCUT2D eigenvalue weighted by atomic mass is 16.1. The maximum Gasteiger partial charge on any atom is 0.158 e. The van der Waals surface area contributed by atoms with E-state index in [1.165, 1.54) is 5.57 Å². The van der Waals surface area contributed by atoms with Gasteiger partial charge in [-0.3, -0.25) is 4.79 Å². The molecule has 1 rings (SSSR count). The van der Waals surface area contributed by atoms with Crippen LogP contribution < -0.4 is 0 Å². The van der Waals surface area contributed by atoms with Crippen LogP contribution >= 0.6 is 0 Å². The SMILES string of the molecule is CC(=O)CCC1CCC(C)=CC1=O. The standard InChI is InChI=1S/C11H16O2/c1-8-3-5-10(11(13)7-8)6-4-9(2)12/h7,10H,3-6H2,1-2H3. The van der Waals surface area contributed by atoms with Crippen LogP contribution in [0.2, 0.25) is 0 Å². The smallest absolute Gasteiger partial charge is 0.158 e. The highest BCUT2D eigenvalue weighted by Crippen LogP contribution is 2.24. The molecule has 0 aromatic heterocycles. The molecule has 0 fully saturated rings. The van der Waals surface area contributed by atoms with Gasteiger partial charge in [0.1, 0.15) is 5.78 Å². The minimum atomic E-state index is 0.104. The number of hydrogen-bond acceptors (Lipinski definition) is 2. The number of hydrogen-bond donors (Lipinski definition) is 0. The molecule has 0 N–H and O–H groups in total. The zero-order chi connectivity index (χ0) is 9.84. The highest BCUT2D eigenvalue weighted by Gasteiger charge is 2.20. The number of carbonyl (C=O) groups excluding carboxylic acids is 2. The van der Waals surface area contributed by atoms with Gasteiger partial charge in [0.2, 0.25) is 0 Å². The zero-order valence-electron chi connectivity index (χ0n) is 8.30. The first-order valence-electron chi connectivity index (χ1n) is 4.80. The fraction of sp³-hybridized carbons (Fsp3) is 0.636. The molecule has 0 radical (unpaired) electrons. The normalized spacial score (nSPS) is 22.8. The molecule has 2 heteroatoms. The Bertz CT molecular complexity index is 251. The molecule has 1 aliphatic carbocycles. The number of rotatable bonds is 3. The average molecular weight is 180 g/mol. The topological polar surface area (TPSA) is 34.1 Å². The van der Waals surface area contributed by atoms with Crippen LogP contribution in [0.3, 0.4) is 0 Å². The Hall–Kier alpha value is -0.920. The summed E-state index contributed by atoms with van der Waals surface area (Å²) in [5.41, 5.74) is 1.17. The van der Waals surface area contributed by atoms with Crippen molar-refractivity contribution in [1.29, 1.82) is 0 Å². The summed E-state index contributed by atoms with van der Waals surface area (Å²) in [6.07, 6.45) is 4.94. The molecular formula is C11H16O2. The molecule has 0 aromatic carbocycles. The van der Waals surface area contributed by atoms with E-state index in [0.29, 0.717) is 6.42 Å². The minimum absolute atomic E-state index is 0.104. The Balaban J connectivity index is 2.45. The predicted octanol–water partition coefficient (Wildman–Crippen LogP) is 2.28. The second-order valence-corrected chi connectivity index (χ2v) is 3.87. The minimum Gasteiger partial charge on any atom is -0.300 e. The Labute approximate surface area is 79.0 Å². The van der Waals surface area contributed by atoms with Gasteiger partial charge in [0.25, 0.3) is 0 Å². The van der Waals surface area contributed by atoms with Gasteiger partial charge in [0, 0.05) is 12.3 Å². The van der Waals surface area contributed by atoms with Gasteiger partial charge in [-0.15, -0.1) is 0 Å². The highest BCUT2D eigenvalue weighted by molar-refractivity contribution is 5.93. The molecule has 0 spiro atoms. The number of ketones is 2. The van der Waals surface area contributed by atoms with Crippen molar-refractivity contribution in [2.24, 2.45) is 5.92 Å². The van der Waals surface area contributed by atoms with E-state index < -0.39 is 0 Å². The van der Waals surface area contributed by atoms with Crippen molar-refractivity contribution in [2.75, 3.05) is 0 Å². The van der Waals surface area contributed by atoms with E-state index in [2.05, 4.69) is 0 Å². The second kappa shape index (κ2) is 4.35. The third kappa shape index (κ3) is 3.13. The molecule has 72 valence electrons. The van der Waals surface area contributed by atoms with E-state index in [1.54, 1.807) is 13.0 Å². The largest absolute Gasteiger partial charge is 0.300 e. The second-order valence-electron chi connectivity index (χ2n) is 3.87. The third-order valence-corrected chi connectivity index (χ3v) is 2.52. The van der Waals surface area contributed by atoms with Gasteiger partial charge in [-0.05, 0) is 39.2 Å². The lowest BCUT2D eigenvalue weighted by atomic mass is 9.86. The molecule has 1 atom stereocenters. The molecule has 1 unspecified atom stereocenters. The van der Waals surface area contributed by atoms with Crippen LogP contribution in [0.4, 0.5) is 0 Å². The fourth-order valence-corrected chi connectivity index (χ4v) is 1.64. The molecule has 0 bridgehead atoms. The van der Waals surface area contributed by atoms with Gasteiger partial charge < -0.3 is 4.79 Å². The van der Waals surface area contributed by atoms with Crippen LogP contribution in [0.5, 0.6) is 0 Å². The third-order valence-electron chi connectivity index (χ3n) is 2.52. The Morgan fingerprint density at radius 2 is 2.31 bits per heavy atom. The van der Waals surface area contributed by atoms with Crippen molar-refractivity contribution in [3.8, 4) is 0 Å². The lowest BCUT2D eigenvalue weighted by Crippen LogP contribution is -2.17. The van der Waals surface area contributed by atoms with Crippen LogP contribution in [0, 0.1) is 5.92 Å². The quantitative estimate of drug-likeness (QED) is 0.667. The summed E-state index contributed by atoms with van der Waals surface area (Å²) in [5.74, 6) is 0.497. The molecule has 13 heavy (non-hydrogen) atoms. The Morgan fingerprint density at radius 1 is 1.62 bits per heavy atom. The van der Waals surface area contributed by atoms with Gasteiger partial charge in [-0.1, -0.05) is 5.57 Å². The van der Waals surface area contributed by atoms with E-state index in [-0.39, 0.29) is 17.5 Å². The number of carbonyl (C=O) groups is 2. The molecule has 0 amide bonds. The van der Waals surface area contributed by atoms with Crippen molar-refractivity contribution in [3.63, 3.8) is 0 Å². The lowest BCUT2D eigenvalue weighted by Gasteiger charge is -2.18. The van der Waals surface area contributed by atoms with Crippen molar-refractivity contribution in [3.05, 3.63) is 11.6 Å². The summed E-state index contributed by atoms with van der Waals surface area (Å²) in [6, 6.07) is 0. The maximum atomic E-state index is 11.4. The first-order valence-corrected chi connectivity index (χ1v) is 4.80. The average Bonchev–Trinajstić information content (AvgIpc) is 2.02. The molecule has 0 aliphatic heterocycles. The van der Waals surface area contributed by atoms with E-state index in [4.69, 9.17) is 0 Å². The van der Waals surface area contributed by atoms with E-state index >= 15 is 0 Å². The van der Waals surface area contributed by atoms with Gasteiger partial charge in [0.05, 0.1) is 0 Å². The lowest BCUT2D eigenvalue weighted by molar-refractivity contribution is -0.120. The molecule has 0 heterocycles.